The quantitative estimate of drug-likeness (QED) is 0.785. The summed E-state index contributed by atoms with van der Waals surface area (Å²) in [7, 11) is 0. The Balaban J connectivity index is 2.61. The molecule has 0 bridgehead atoms. The molecule has 0 spiro atoms. The highest BCUT2D eigenvalue weighted by atomic mass is 16.3. The molecule has 15 heavy (non-hydrogen) atoms. The Morgan fingerprint density at radius 1 is 1.33 bits per heavy atom. The molecule has 1 rings (SSSR count). The van der Waals surface area contributed by atoms with Gasteiger partial charge in [0, 0.05) is 31.5 Å². The van der Waals surface area contributed by atoms with Gasteiger partial charge in [-0.15, -0.1) is 0 Å². The molecule has 1 N–H and O–H groups in total. The van der Waals surface area contributed by atoms with Crippen LogP contribution in [0.5, 0.6) is 0 Å². The number of aliphatic hydroxyl groups excluding tert-OH is 1. The van der Waals surface area contributed by atoms with E-state index in [-0.39, 0.29) is 6.61 Å². The minimum atomic E-state index is 0.178. The van der Waals surface area contributed by atoms with Crippen molar-refractivity contribution in [1.82, 2.24) is 14.9 Å². The van der Waals surface area contributed by atoms with Crippen molar-refractivity contribution in [1.29, 1.82) is 0 Å². The summed E-state index contributed by atoms with van der Waals surface area (Å²) in [5, 5.41) is 8.93. The van der Waals surface area contributed by atoms with Crippen molar-refractivity contribution in [3.05, 3.63) is 23.8 Å². The summed E-state index contributed by atoms with van der Waals surface area (Å²) in [6.45, 7) is 7.73. The van der Waals surface area contributed by atoms with Crippen LogP contribution in [-0.4, -0.2) is 39.2 Å². The van der Waals surface area contributed by atoms with E-state index in [9.17, 15) is 0 Å². The SMILES string of the molecule is Cc1cnc(CN(CCO)C(C)C)cn1. The maximum atomic E-state index is 8.93. The third-order valence-corrected chi connectivity index (χ3v) is 2.32. The van der Waals surface area contributed by atoms with Crippen LogP contribution in [0.25, 0.3) is 0 Å². The number of aliphatic hydroxyl groups is 1. The normalized spacial score (nSPS) is 11.3. The Hall–Kier alpha value is -1.00. The standard InChI is InChI=1S/C11H19N3O/c1-9(2)14(4-5-15)8-11-7-12-10(3)6-13-11/h6-7,9,15H,4-5,8H2,1-3H3. The molecular formula is C11H19N3O. The predicted octanol–water partition coefficient (Wildman–Crippen LogP) is 0.988. The van der Waals surface area contributed by atoms with E-state index in [1.54, 1.807) is 12.4 Å². The van der Waals surface area contributed by atoms with Gasteiger partial charge in [-0.3, -0.25) is 14.9 Å². The van der Waals surface area contributed by atoms with Crippen molar-refractivity contribution < 1.29 is 5.11 Å². The van der Waals surface area contributed by atoms with Crippen LogP contribution in [0.1, 0.15) is 25.2 Å². The first-order valence-electron chi connectivity index (χ1n) is 5.26. The number of nitrogens with zero attached hydrogens (tertiary/aromatic N) is 3. The number of aryl methyl sites for hydroxylation is 1. The molecule has 0 atom stereocenters. The minimum Gasteiger partial charge on any atom is -0.395 e. The van der Waals surface area contributed by atoms with Crippen LogP contribution in [-0.2, 0) is 6.54 Å². The first-order chi connectivity index (χ1) is 7.13. The van der Waals surface area contributed by atoms with E-state index in [2.05, 4.69) is 28.7 Å². The molecule has 0 fully saturated rings. The van der Waals surface area contributed by atoms with Crippen LogP contribution in [0, 0.1) is 6.92 Å². The lowest BCUT2D eigenvalue weighted by Crippen LogP contribution is -2.33. The van der Waals surface area contributed by atoms with Crippen molar-refractivity contribution in [2.75, 3.05) is 13.2 Å². The second-order valence-electron chi connectivity index (χ2n) is 3.94. The van der Waals surface area contributed by atoms with E-state index in [1.165, 1.54) is 0 Å². The first kappa shape index (κ1) is 12.1. The van der Waals surface area contributed by atoms with Crippen molar-refractivity contribution in [3.8, 4) is 0 Å². The molecule has 4 heteroatoms. The largest absolute Gasteiger partial charge is 0.395 e. The fourth-order valence-corrected chi connectivity index (χ4v) is 1.36. The van der Waals surface area contributed by atoms with Gasteiger partial charge in [0.25, 0.3) is 0 Å². The maximum absolute atomic E-state index is 8.93. The lowest BCUT2D eigenvalue weighted by Gasteiger charge is -2.24. The van der Waals surface area contributed by atoms with E-state index in [0.717, 1.165) is 17.9 Å². The Kier molecular flexibility index (Phi) is 4.65. The van der Waals surface area contributed by atoms with Crippen molar-refractivity contribution in [2.45, 2.75) is 33.4 Å². The zero-order valence-electron chi connectivity index (χ0n) is 9.64. The van der Waals surface area contributed by atoms with E-state index in [1.807, 2.05) is 6.92 Å². The summed E-state index contributed by atoms with van der Waals surface area (Å²) >= 11 is 0. The zero-order chi connectivity index (χ0) is 11.3. The predicted molar refractivity (Wildman–Crippen MR) is 59.4 cm³/mol. The summed E-state index contributed by atoms with van der Waals surface area (Å²) in [4.78, 5) is 10.7. The molecule has 0 aliphatic rings. The molecule has 0 amide bonds. The molecule has 1 aromatic rings. The molecule has 0 unspecified atom stereocenters. The monoisotopic (exact) mass is 209 g/mol. The molecule has 0 saturated heterocycles. The van der Waals surface area contributed by atoms with Gasteiger partial charge in [-0.2, -0.15) is 0 Å². The summed E-state index contributed by atoms with van der Waals surface area (Å²) in [6.07, 6.45) is 3.56. The van der Waals surface area contributed by atoms with Gasteiger partial charge in [0.05, 0.1) is 18.0 Å². The van der Waals surface area contributed by atoms with Crippen molar-refractivity contribution >= 4 is 0 Å². The Morgan fingerprint density at radius 3 is 2.53 bits per heavy atom. The lowest BCUT2D eigenvalue weighted by molar-refractivity contribution is 0.157. The van der Waals surface area contributed by atoms with Gasteiger partial charge >= 0.3 is 0 Å². The average molecular weight is 209 g/mol. The minimum absolute atomic E-state index is 0.178. The van der Waals surface area contributed by atoms with Gasteiger partial charge in [0.15, 0.2) is 0 Å². The molecular weight excluding hydrogens is 190 g/mol. The summed E-state index contributed by atoms with van der Waals surface area (Å²) in [5.74, 6) is 0. The topological polar surface area (TPSA) is 49.2 Å². The fraction of sp³-hybridized carbons (Fsp3) is 0.636. The van der Waals surface area contributed by atoms with E-state index < -0.39 is 0 Å². The van der Waals surface area contributed by atoms with E-state index in [0.29, 0.717) is 12.6 Å². The number of rotatable bonds is 5. The van der Waals surface area contributed by atoms with Gasteiger partial charge in [-0.05, 0) is 20.8 Å². The molecule has 1 heterocycles. The maximum Gasteiger partial charge on any atom is 0.0727 e. The highest BCUT2D eigenvalue weighted by Gasteiger charge is 2.09. The highest BCUT2D eigenvalue weighted by Crippen LogP contribution is 2.04. The van der Waals surface area contributed by atoms with Crippen molar-refractivity contribution in [3.63, 3.8) is 0 Å². The van der Waals surface area contributed by atoms with Gasteiger partial charge in [0.1, 0.15) is 0 Å². The Labute approximate surface area is 91.0 Å². The lowest BCUT2D eigenvalue weighted by atomic mass is 10.3. The van der Waals surface area contributed by atoms with Crippen LogP contribution in [0.4, 0.5) is 0 Å². The average Bonchev–Trinajstić information content (AvgIpc) is 2.20. The zero-order valence-corrected chi connectivity index (χ0v) is 9.64. The molecule has 0 radical (unpaired) electrons. The molecule has 0 aromatic carbocycles. The van der Waals surface area contributed by atoms with Gasteiger partial charge < -0.3 is 5.11 Å². The summed E-state index contributed by atoms with van der Waals surface area (Å²) in [6, 6.07) is 0.403. The summed E-state index contributed by atoms with van der Waals surface area (Å²) < 4.78 is 0. The Morgan fingerprint density at radius 2 is 2.07 bits per heavy atom. The second kappa shape index (κ2) is 5.78. The van der Waals surface area contributed by atoms with E-state index >= 15 is 0 Å². The Bertz CT molecular complexity index is 284. The molecule has 0 aliphatic carbocycles. The summed E-state index contributed by atoms with van der Waals surface area (Å²) in [5.41, 5.74) is 1.87. The van der Waals surface area contributed by atoms with Crippen LogP contribution in [0.15, 0.2) is 12.4 Å². The fourth-order valence-electron chi connectivity index (χ4n) is 1.36. The van der Waals surface area contributed by atoms with Gasteiger partial charge in [-0.1, -0.05) is 0 Å². The molecule has 0 aliphatic heterocycles. The molecule has 4 nitrogen and oxygen atoms in total. The van der Waals surface area contributed by atoms with Crippen LogP contribution < -0.4 is 0 Å². The first-order valence-corrected chi connectivity index (χ1v) is 5.26. The number of aromatic nitrogens is 2. The molecule has 84 valence electrons. The van der Waals surface area contributed by atoms with Crippen LogP contribution in [0.2, 0.25) is 0 Å². The van der Waals surface area contributed by atoms with Crippen molar-refractivity contribution in [2.24, 2.45) is 0 Å². The second-order valence-corrected chi connectivity index (χ2v) is 3.94. The van der Waals surface area contributed by atoms with Crippen LogP contribution >= 0.6 is 0 Å². The van der Waals surface area contributed by atoms with Gasteiger partial charge in [0.2, 0.25) is 0 Å². The smallest absolute Gasteiger partial charge is 0.0727 e. The molecule has 1 aromatic heterocycles. The number of hydrogen-bond donors (Lipinski definition) is 1. The third-order valence-electron chi connectivity index (χ3n) is 2.32. The highest BCUT2D eigenvalue weighted by molar-refractivity contribution is 5.00. The van der Waals surface area contributed by atoms with Crippen LogP contribution in [0.3, 0.4) is 0 Å². The van der Waals surface area contributed by atoms with E-state index in [4.69, 9.17) is 5.11 Å². The molecule has 0 saturated carbocycles. The number of hydrogen-bond acceptors (Lipinski definition) is 4. The van der Waals surface area contributed by atoms with Gasteiger partial charge in [-0.25, -0.2) is 0 Å². The third kappa shape index (κ3) is 3.93.